The number of thiophene rings is 1. The van der Waals surface area contributed by atoms with Crippen LogP contribution in [-0.2, 0) is 6.54 Å². The van der Waals surface area contributed by atoms with E-state index in [1.54, 1.807) is 28.4 Å². The highest BCUT2D eigenvalue weighted by Crippen LogP contribution is 2.21. The molecule has 1 aliphatic heterocycles. The molecule has 1 saturated heterocycles. The molecule has 6 nitrogen and oxygen atoms in total. The van der Waals surface area contributed by atoms with Gasteiger partial charge < -0.3 is 9.80 Å². The van der Waals surface area contributed by atoms with Crippen molar-refractivity contribution in [3.8, 4) is 0 Å². The van der Waals surface area contributed by atoms with E-state index in [-0.39, 0.29) is 11.6 Å². The smallest absolute Gasteiger partial charge is 0.270 e. The Labute approximate surface area is 152 Å². The molecule has 126 valence electrons. The lowest BCUT2D eigenvalue weighted by atomic mass is 10.1. The summed E-state index contributed by atoms with van der Waals surface area (Å²) in [4.78, 5) is 27.5. The first-order valence-corrected chi connectivity index (χ1v) is 9.25. The summed E-state index contributed by atoms with van der Waals surface area (Å²) < 4.78 is 1.14. The van der Waals surface area contributed by atoms with Crippen LogP contribution in [0.4, 0.5) is 5.69 Å². The fourth-order valence-electron chi connectivity index (χ4n) is 2.83. The monoisotopic (exact) mass is 410 g/mol. The molecule has 0 aliphatic carbocycles. The number of nitro groups is 1. The van der Waals surface area contributed by atoms with Crippen molar-refractivity contribution >= 4 is 38.9 Å². The molecule has 1 aromatic carbocycles. The van der Waals surface area contributed by atoms with Gasteiger partial charge in [-0.2, -0.15) is 0 Å². The molecule has 1 amide bonds. The molecular formula is C16H17BrN3O3S+. The average molecular weight is 411 g/mol. The summed E-state index contributed by atoms with van der Waals surface area (Å²) in [6, 6.07) is 10.1. The first-order chi connectivity index (χ1) is 11.5. The van der Waals surface area contributed by atoms with Gasteiger partial charge in [-0.1, -0.05) is 6.07 Å². The van der Waals surface area contributed by atoms with Crippen molar-refractivity contribution in [2.75, 3.05) is 26.2 Å². The zero-order valence-electron chi connectivity index (χ0n) is 12.9. The first kappa shape index (κ1) is 17.1. The Hall–Kier alpha value is -1.77. The zero-order chi connectivity index (χ0) is 17.1. The number of nitro benzene ring substituents is 1. The van der Waals surface area contributed by atoms with Gasteiger partial charge in [-0.15, -0.1) is 11.3 Å². The number of hydrogen-bond acceptors (Lipinski definition) is 4. The summed E-state index contributed by atoms with van der Waals surface area (Å²) in [5, 5.41) is 10.8. The quantitative estimate of drug-likeness (QED) is 0.618. The third-order valence-corrected chi connectivity index (χ3v) is 5.74. The molecule has 0 bridgehead atoms. The van der Waals surface area contributed by atoms with Gasteiger partial charge in [-0.3, -0.25) is 14.9 Å². The summed E-state index contributed by atoms with van der Waals surface area (Å²) >= 11 is 5.22. The minimum atomic E-state index is -0.474. The van der Waals surface area contributed by atoms with Crippen LogP contribution in [-0.4, -0.2) is 41.9 Å². The lowest BCUT2D eigenvalue weighted by Gasteiger charge is -2.32. The van der Waals surface area contributed by atoms with Crippen molar-refractivity contribution in [1.29, 1.82) is 0 Å². The predicted molar refractivity (Wildman–Crippen MR) is 95.4 cm³/mol. The van der Waals surface area contributed by atoms with Crippen LogP contribution in [0.25, 0.3) is 0 Å². The van der Waals surface area contributed by atoms with Crippen LogP contribution in [0.15, 0.2) is 40.2 Å². The van der Waals surface area contributed by atoms with Gasteiger partial charge in [0.05, 0.1) is 39.8 Å². The molecule has 1 aromatic heterocycles. The number of hydrogen-bond donors (Lipinski definition) is 1. The standard InChI is InChI=1S/C16H16BrN3O3S/c17-15-5-4-14(24-15)11-18-6-8-19(9-7-18)16(21)12-2-1-3-13(10-12)20(22)23/h1-5,10H,6-9,11H2/p+1. The van der Waals surface area contributed by atoms with Gasteiger partial charge in [0, 0.05) is 17.7 Å². The second-order valence-electron chi connectivity index (χ2n) is 5.73. The minimum absolute atomic E-state index is 0.0478. The van der Waals surface area contributed by atoms with Crippen LogP contribution < -0.4 is 4.90 Å². The van der Waals surface area contributed by atoms with E-state index < -0.39 is 4.92 Å². The molecule has 0 atom stereocenters. The molecule has 0 spiro atoms. The molecule has 24 heavy (non-hydrogen) atoms. The number of amides is 1. The van der Waals surface area contributed by atoms with E-state index in [4.69, 9.17) is 0 Å². The maximum Gasteiger partial charge on any atom is 0.270 e. The fraction of sp³-hybridized carbons (Fsp3) is 0.312. The number of benzene rings is 1. The lowest BCUT2D eigenvalue weighted by molar-refractivity contribution is -0.917. The largest absolute Gasteiger partial charge is 0.328 e. The van der Waals surface area contributed by atoms with Gasteiger partial charge in [0.2, 0.25) is 0 Å². The third-order valence-electron chi connectivity index (χ3n) is 4.11. The molecule has 2 aromatic rings. The molecule has 2 heterocycles. The van der Waals surface area contributed by atoms with E-state index in [1.165, 1.54) is 21.9 Å². The molecule has 0 saturated carbocycles. The Morgan fingerprint density at radius 2 is 2.04 bits per heavy atom. The first-order valence-electron chi connectivity index (χ1n) is 7.64. The minimum Gasteiger partial charge on any atom is -0.328 e. The van der Waals surface area contributed by atoms with Crippen molar-refractivity contribution in [2.45, 2.75) is 6.54 Å². The van der Waals surface area contributed by atoms with E-state index in [9.17, 15) is 14.9 Å². The molecule has 1 fully saturated rings. The molecule has 0 radical (unpaired) electrons. The summed E-state index contributed by atoms with van der Waals surface area (Å²) in [6.07, 6.45) is 0. The molecule has 8 heteroatoms. The van der Waals surface area contributed by atoms with Gasteiger partial charge in [-0.05, 0) is 34.1 Å². The Morgan fingerprint density at radius 1 is 1.29 bits per heavy atom. The van der Waals surface area contributed by atoms with Crippen LogP contribution in [0.3, 0.4) is 0 Å². The summed E-state index contributed by atoms with van der Waals surface area (Å²) in [5.74, 6) is -0.128. The number of nitrogens with zero attached hydrogens (tertiary/aromatic N) is 2. The SMILES string of the molecule is O=C(c1cccc([N+](=O)[O-])c1)N1CC[NH+](Cc2ccc(Br)s2)CC1. The number of rotatable bonds is 4. The van der Waals surface area contributed by atoms with Gasteiger partial charge in [0.15, 0.2) is 0 Å². The van der Waals surface area contributed by atoms with E-state index >= 15 is 0 Å². The summed E-state index contributed by atoms with van der Waals surface area (Å²) in [7, 11) is 0. The van der Waals surface area contributed by atoms with Crippen LogP contribution in [0, 0.1) is 10.1 Å². The van der Waals surface area contributed by atoms with E-state index in [0.717, 1.165) is 23.4 Å². The van der Waals surface area contributed by atoms with Crippen LogP contribution in [0.2, 0.25) is 0 Å². The topological polar surface area (TPSA) is 67.9 Å². The molecule has 1 N–H and O–H groups in total. The molecule has 0 unspecified atom stereocenters. The number of carbonyl (C=O) groups excluding carboxylic acids is 1. The second-order valence-corrected chi connectivity index (χ2v) is 8.28. The van der Waals surface area contributed by atoms with Crippen molar-refractivity contribution < 1.29 is 14.6 Å². The maximum absolute atomic E-state index is 12.5. The number of quaternary nitrogens is 1. The van der Waals surface area contributed by atoms with Crippen molar-refractivity contribution in [1.82, 2.24) is 4.90 Å². The predicted octanol–water partition coefficient (Wildman–Crippen LogP) is 1.96. The van der Waals surface area contributed by atoms with E-state index in [1.807, 2.05) is 0 Å². The Morgan fingerprint density at radius 3 is 2.67 bits per heavy atom. The Bertz CT molecular complexity index is 757. The normalized spacial score (nSPS) is 15.5. The zero-order valence-corrected chi connectivity index (χ0v) is 15.3. The number of non-ortho nitro benzene ring substituents is 1. The van der Waals surface area contributed by atoms with Gasteiger partial charge >= 0.3 is 0 Å². The number of piperazine rings is 1. The van der Waals surface area contributed by atoms with E-state index in [0.29, 0.717) is 18.7 Å². The van der Waals surface area contributed by atoms with Gasteiger partial charge in [0.25, 0.3) is 11.6 Å². The highest BCUT2D eigenvalue weighted by atomic mass is 79.9. The fourth-order valence-corrected chi connectivity index (χ4v) is 4.39. The number of carbonyl (C=O) groups is 1. The van der Waals surface area contributed by atoms with Gasteiger partial charge in [0.1, 0.15) is 6.54 Å². The van der Waals surface area contributed by atoms with Crippen molar-refractivity contribution in [2.24, 2.45) is 0 Å². The van der Waals surface area contributed by atoms with Crippen LogP contribution in [0.5, 0.6) is 0 Å². The van der Waals surface area contributed by atoms with Crippen LogP contribution >= 0.6 is 27.3 Å². The highest BCUT2D eigenvalue weighted by molar-refractivity contribution is 9.11. The Kier molecular flexibility index (Phi) is 5.27. The molecular weight excluding hydrogens is 394 g/mol. The maximum atomic E-state index is 12.5. The summed E-state index contributed by atoms with van der Waals surface area (Å²) in [5.41, 5.74) is 0.336. The van der Waals surface area contributed by atoms with Crippen molar-refractivity contribution in [3.63, 3.8) is 0 Å². The van der Waals surface area contributed by atoms with Crippen molar-refractivity contribution in [3.05, 3.63) is 60.7 Å². The average Bonchev–Trinajstić information content (AvgIpc) is 3.00. The molecule has 1 aliphatic rings. The Balaban J connectivity index is 1.59. The number of nitrogens with one attached hydrogen (secondary N) is 1. The van der Waals surface area contributed by atoms with E-state index in [2.05, 4.69) is 28.1 Å². The van der Waals surface area contributed by atoms with Crippen LogP contribution in [0.1, 0.15) is 15.2 Å². The highest BCUT2D eigenvalue weighted by Gasteiger charge is 2.25. The lowest BCUT2D eigenvalue weighted by Crippen LogP contribution is -3.13. The summed E-state index contributed by atoms with van der Waals surface area (Å²) in [6.45, 7) is 4.08. The van der Waals surface area contributed by atoms with Gasteiger partial charge in [-0.25, -0.2) is 0 Å². The number of halogens is 1. The second kappa shape index (κ2) is 7.42. The third kappa shape index (κ3) is 4.00. The molecule has 3 rings (SSSR count).